The normalized spacial score (nSPS) is 31.4. The molecule has 0 aromatic rings. The van der Waals surface area contributed by atoms with E-state index < -0.39 is 57.8 Å². The van der Waals surface area contributed by atoms with Crippen molar-refractivity contribution in [1.82, 2.24) is 0 Å². The molecule has 1 heterocycles. The molecule has 27 heavy (non-hydrogen) atoms. The van der Waals surface area contributed by atoms with Crippen molar-refractivity contribution in [3.63, 3.8) is 0 Å². The number of phosphoric ester groups is 2. The Kier molecular flexibility index (Phi) is 8.34. The van der Waals surface area contributed by atoms with E-state index in [0.717, 1.165) is 0 Å². The Balaban J connectivity index is 2.88. The van der Waals surface area contributed by atoms with Gasteiger partial charge in [-0.05, 0) is 41.5 Å². The van der Waals surface area contributed by atoms with E-state index in [1.807, 2.05) is 0 Å². The Morgan fingerprint density at radius 1 is 0.963 bits per heavy atom. The van der Waals surface area contributed by atoms with E-state index >= 15 is 0 Å². The van der Waals surface area contributed by atoms with Gasteiger partial charge < -0.3 is 37.4 Å². The molecule has 0 N–H and O–H groups in total. The molecule has 0 bridgehead atoms. The largest absolute Gasteiger partial charge is 0.756 e. The predicted octanol–water partition coefficient (Wildman–Crippen LogP) is 0.864. The molecule has 0 saturated carbocycles. The zero-order valence-corrected chi connectivity index (χ0v) is 18.4. The van der Waals surface area contributed by atoms with Crippen LogP contribution in [0.25, 0.3) is 0 Å². The van der Waals surface area contributed by atoms with E-state index in [9.17, 15) is 18.9 Å². The number of phosphoric acid groups is 2. The second-order valence-electron chi connectivity index (χ2n) is 8.01. The van der Waals surface area contributed by atoms with Gasteiger partial charge in [0, 0.05) is 13.1 Å². The van der Waals surface area contributed by atoms with Gasteiger partial charge in [0.15, 0.2) is 0 Å². The molecule has 10 nitrogen and oxygen atoms in total. The first-order valence-corrected chi connectivity index (χ1v) is 11.2. The summed E-state index contributed by atoms with van der Waals surface area (Å²) < 4.78 is 54.2. The van der Waals surface area contributed by atoms with E-state index in [4.69, 9.17) is 35.4 Å². The minimum Gasteiger partial charge on any atom is -0.756 e. The predicted molar refractivity (Wildman–Crippen MR) is 92.9 cm³/mol. The van der Waals surface area contributed by atoms with Gasteiger partial charge in [0.2, 0.25) is 0 Å². The molecule has 158 valence electrons. The summed E-state index contributed by atoms with van der Waals surface area (Å²) in [5.41, 5.74) is -2.03. The van der Waals surface area contributed by atoms with E-state index in [0.29, 0.717) is 0 Å². The standard InChI is InChI=1S/C14H29BO10P2/c1-13(2,3)24-26(16,17)21-8-9-10(11(20-7)12(15)22-9)23-27(18,19)25-14(4,5)6/h9-12H,8H2,1-7H3,(H,16,17)(H,18,19)/p-2/t9-,10+,11?,12-/m1/s1. The lowest BCUT2D eigenvalue weighted by atomic mass is 9.93. The molecule has 0 aromatic heterocycles. The average Bonchev–Trinajstić information content (AvgIpc) is 2.65. The lowest BCUT2D eigenvalue weighted by molar-refractivity contribution is -0.243. The third-order valence-corrected chi connectivity index (χ3v) is 5.55. The highest BCUT2D eigenvalue weighted by Crippen LogP contribution is 2.48. The average molecular weight is 428 g/mol. The summed E-state index contributed by atoms with van der Waals surface area (Å²) in [4.78, 5) is 24.1. The van der Waals surface area contributed by atoms with Crippen LogP contribution in [0.5, 0.6) is 0 Å². The Morgan fingerprint density at radius 2 is 1.44 bits per heavy atom. The highest BCUT2D eigenvalue weighted by molar-refractivity contribution is 7.46. The summed E-state index contributed by atoms with van der Waals surface area (Å²) in [7, 11) is -2.40. The number of hydrogen-bond acceptors (Lipinski definition) is 10. The van der Waals surface area contributed by atoms with Crippen LogP contribution in [0.1, 0.15) is 41.5 Å². The van der Waals surface area contributed by atoms with Gasteiger partial charge in [0.25, 0.3) is 15.6 Å². The van der Waals surface area contributed by atoms with Crippen LogP contribution in [0.4, 0.5) is 0 Å². The maximum Gasteiger partial charge on any atom is 0.268 e. The lowest BCUT2D eigenvalue weighted by Crippen LogP contribution is -2.40. The van der Waals surface area contributed by atoms with Crippen LogP contribution in [0.3, 0.4) is 0 Å². The highest BCUT2D eigenvalue weighted by Gasteiger charge is 2.46. The highest BCUT2D eigenvalue weighted by atomic mass is 31.2. The van der Waals surface area contributed by atoms with Gasteiger partial charge in [0.1, 0.15) is 26.2 Å². The first-order chi connectivity index (χ1) is 11.9. The molecule has 0 aliphatic carbocycles. The van der Waals surface area contributed by atoms with Crippen LogP contribution in [0.2, 0.25) is 0 Å². The SMILES string of the molecule is [B][C@@H]1O[C@H](COP(=O)([O-])OC(C)(C)C)[C@H](OP(=O)([O-])OC(C)(C)C)C1OC. The van der Waals surface area contributed by atoms with Crippen LogP contribution in [-0.2, 0) is 36.7 Å². The molecule has 1 aliphatic heterocycles. The fourth-order valence-corrected chi connectivity index (χ4v) is 4.64. The van der Waals surface area contributed by atoms with Crippen LogP contribution in [0.15, 0.2) is 0 Å². The van der Waals surface area contributed by atoms with Crippen molar-refractivity contribution in [3.05, 3.63) is 0 Å². The maximum absolute atomic E-state index is 12.2. The lowest BCUT2D eigenvalue weighted by Gasteiger charge is -2.35. The summed E-state index contributed by atoms with van der Waals surface area (Å²) in [6, 6.07) is -1.06. The topological polar surface area (TPSA) is 136 Å². The molecule has 1 rings (SSSR count). The van der Waals surface area contributed by atoms with Crippen molar-refractivity contribution >= 4 is 23.5 Å². The molecule has 3 unspecified atom stereocenters. The molecule has 0 aromatic carbocycles. The van der Waals surface area contributed by atoms with Crippen LogP contribution in [-0.4, -0.2) is 57.1 Å². The van der Waals surface area contributed by atoms with Gasteiger partial charge in [-0.15, -0.1) is 0 Å². The zero-order chi connectivity index (χ0) is 21.3. The van der Waals surface area contributed by atoms with Gasteiger partial charge in [-0.1, -0.05) is 0 Å². The fraction of sp³-hybridized carbons (Fsp3) is 1.00. The van der Waals surface area contributed by atoms with Crippen molar-refractivity contribution in [2.24, 2.45) is 0 Å². The van der Waals surface area contributed by atoms with Crippen LogP contribution in [0, 0.1) is 0 Å². The number of hydrogen-bond donors (Lipinski definition) is 0. The van der Waals surface area contributed by atoms with Crippen LogP contribution < -0.4 is 9.79 Å². The summed E-state index contributed by atoms with van der Waals surface area (Å²) in [5, 5.41) is 0. The van der Waals surface area contributed by atoms with E-state index in [1.165, 1.54) is 48.7 Å². The van der Waals surface area contributed by atoms with Gasteiger partial charge in [-0.25, -0.2) is 0 Å². The van der Waals surface area contributed by atoms with Gasteiger partial charge in [0.05, 0.1) is 17.8 Å². The zero-order valence-electron chi connectivity index (χ0n) is 16.6. The molecule has 1 fully saturated rings. The third-order valence-electron chi connectivity index (χ3n) is 3.04. The molecular formula is C14H27BO10P2-2. The van der Waals surface area contributed by atoms with Gasteiger partial charge in [-0.2, -0.15) is 0 Å². The first-order valence-electron chi connectivity index (χ1n) is 8.25. The van der Waals surface area contributed by atoms with Gasteiger partial charge >= 0.3 is 0 Å². The Bertz CT molecular complexity index is 587. The number of ether oxygens (including phenoxy) is 2. The molecule has 0 spiro atoms. The monoisotopic (exact) mass is 428 g/mol. The van der Waals surface area contributed by atoms with E-state index in [2.05, 4.69) is 0 Å². The molecular weight excluding hydrogens is 401 g/mol. The quantitative estimate of drug-likeness (QED) is 0.405. The number of methoxy groups -OCH3 is 1. The van der Waals surface area contributed by atoms with E-state index in [-0.39, 0.29) is 0 Å². The summed E-state index contributed by atoms with van der Waals surface area (Å²) in [6.45, 7) is 8.62. The maximum atomic E-state index is 12.2. The van der Waals surface area contributed by atoms with Crippen molar-refractivity contribution in [2.75, 3.05) is 13.7 Å². The van der Waals surface area contributed by atoms with Crippen molar-refractivity contribution in [3.8, 4) is 0 Å². The third kappa shape index (κ3) is 9.04. The summed E-state index contributed by atoms with van der Waals surface area (Å²) >= 11 is 0. The smallest absolute Gasteiger partial charge is 0.268 e. The van der Waals surface area contributed by atoms with Crippen molar-refractivity contribution in [1.29, 1.82) is 0 Å². The molecule has 13 heteroatoms. The minimum absolute atomic E-state index is 0.579. The fourth-order valence-electron chi connectivity index (χ4n) is 2.32. The Morgan fingerprint density at radius 3 is 1.89 bits per heavy atom. The Labute approximate surface area is 161 Å². The van der Waals surface area contributed by atoms with Crippen molar-refractivity contribution in [2.45, 2.75) is 77.1 Å². The minimum atomic E-state index is -4.78. The second-order valence-corrected chi connectivity index (χ2v) is 10.6. The van der Waals surface area contributed by atoms with Gasteiger partial charge in [-0.3, -0.25) is 9.13 Å². The molecule has 6 atom stereocenters. The molecule has 1 saturated heterocycles. The molecule has 1 aliphatic rings. The molecule has 2 radical (unpaired) electrons. The van der Waals surface area contributed by atoms with Crippen LogP contribution >= 0.6 is 15.6 Å². The van der Waals surface area contributed by atoms with Crippen molar-refractivity contribution < 1.29 is 46.5 Å². The molecule has 0 amide bonds. The second kappa shape index (κ2) is 8.92. The van der Waals surface area contributed by atoms with E-state index in [1.54, 1.807) is 0 Å². The summed E-state index contributed by atoms with van der Waals surface area (Å²) in [5.74, 6) is 0. The first kappa shape index (κ1) is 25.2. The number of rotatable bonds is 8. The Hall–Kier alpha value is 0.205. The summed E-state index contributed by atoms with van der Waals surface area (Å²) in [6.07, 6.45) is -3.41.